The molecule has 0 aromatic carbocycles. The van der Waals surface area contributed by atoms with Crippen LogP contribution in [0.3, 0.4) is 0 Å². The van der Waals surface area contributed by atoms with E-state index >= 15 is 0 Å². The summed E-state index contributed by atoms with van der Waals surface area (Å²) in [5.41, 5.74) is 0.659. The van der Waals surface area contributed by atoms with Crippen LogP contribution >= 0.6 is 0 Å². The zero-order chi connectivity index (χ0) is 15.3. The summed E-state index contributed by atoms with van der Waals surface area (Å²) in [6, 6.07) is 4.15. The number of amides is 1. The SMILES string of the molecule is CCn1nc(C)cc1C(=O)NC1(C#N)CCCCCCC1. The lowest BCUT2D eigenvalue weighted by atomic mass is 9.85. The van der Waals surface area contributed by atoms with Gasteiger partial charge in [0.05, 0.1) is 11.8 Å². The Morgan fingerprint density at radius 1 is 1.38 bits per heavy atom. The van der Waals surface area contributed by atoms with Crippen LogP contribution in [-0.2, 0) is 6.54 Å². The second-order valence-corrected chi connectivity index (χ2v) is 5.90. The molecule has 1 aliphatic carbocycles. The number of hydrogen-bond donors (Lipinski definition) is 1. The van der Waals surface area contributed by atoms with Gasteiger partial charge in [0, 0.05) is 6.54 Å². The molecule has 1 aromatic rings. The molecular weight excluding hydrogens is 264 g/mol. The molecule has 0 unspecified atom stereocenters. The molecule has 0 atom stereocenters. The maximum atomic E-state index is 12.5. The fourth-order valence-electron chi connectivity index (χ4n) is 3.02. The fourth-order valence-corrected chi connectivity index (χ4v) is 3.02. The van der Waals surface area contributed by atoms with Crippen molar-refractivity contribution in [3.05, 3.63) is 17.5 Å². The minimum absolute atomic E-state index is 0.181. The average Bonchev–Trinajstić information content (AvgIpc) is 2.83. The van der Waals surface area contributed by atoms with Gasteiger partial charge in [-0.1, -0.05) is 32.1 Å². The fraction of sp³-hybridized carbons (Fsp3) is 0.688. The third-order valence-corrected chi connectivity index (χ3v) is 4.21. The van der Waals surface area contributed by atoms with E-state index in [1.54, 1.807) is 10.7 Å². The number of nitrogens with one attached hydrogen (secondary N) is 1. The van der Waals surface area contributed by atoms with E-state index < -0.39 is 5.54 Å². The van der Waals surface area contributed by atoms with Crippen molar-refractivity contribution in [3.8, 4) is 6.07 Å². The minimum atomic E-state index is -0.714. The van der Waals surface area contributed by atoms with Crippen LogP contribution in [0.4, 0.5) is 0 Å². The summed E-state index contributed by atoms with van der Waals surface area (Å²) in [6.07, 6.45) is 7.01. The average molecular weight is 288 g/mol. The summed E-state index contributed by atoms with van der Waals surface area (Å²) in [5, 5.41) is 16.9. The molecule has 5 nitrogen and oxygen atoms in total. The van der Waals surface area contributed by atoms with E-state index in [0.29, 0.717) is 12.2 Å². The van der Waals surface area contributed by atoms with Gasteiger partial charge in [-0.15, -0.1) is 0 Å². The number of hydrogen-bond acceptors (Lipinski definition) is 3. The van der Waals surface area contributed by atoms with E-state index in [1.807, 2.05) is 13.8 Å². The first-order valence-corrected chi connectivity index (χ1v) is 7.88. The van der Waals surface area contributed by atoms with Gasteiger partial charge >= 0.3 is 0 Å². The molecule has 1 saturated carbocycles. The molecule has 21 heavy (non-hydrogen) atoms. The molecule has 1 amide bonds. The van der Waals surface area contributed by atoms with Crippen molar-refractivity contribution in [3.63, 3.8) is 0 Å². The van der Waals surface area contributed by atoms with Gasteiger partial charge in [-0.05, 0) is 32.8 Å². The van der Waals surface area contributed by atoms with Gasteiger partial charge in [0.1, 0.15) is 11.2 Å². The molecular formula is C16H24N4O. The van der Waals surface area contributed by atoms with Crippen molar-refractivity contribution in [2.75, 3.05) is 0 Å². The molecule has 0 radical (unpaired) electrons. The number of rotatable bonds is 3. The third-order valence-electron chi connectivity index (χ3n) is 4.21. The number of nitrogens with zero attached hydrogens (tertiary/aromatic N) is 3. The van der Waals surface area contributed by atoms with Crippen LogP contribution in [0, 0.1) is 18.3 Å². The predicted molar refractivity (Wildman–Crippen MR) is 80.8 cm³/mol. The van der Waals surface area contributed by atoms with Crippen LogP contribution in [0.1, 0.15) is 68.1 Å². The van der Waals surface area contributed by atoms with Crippen molar-refractivity contribution in [1.82, 2.24) is 15.1 Å². The number of aromatic nitrogens is 2. The van der Waals surface area contributed by atoms with Crippen LogP contribution in [0.25, 0.3) is 0 Å². The van der Waals surface area contributed by atoms with Crippen molar-refractivity contribution in [1.29, 1.82) is 5.26 Å². The Morgan fingerprint density at radius 3 is 2.57 bits per heavy atom. The molecule has 1 heterocycles. The molecule has 0 bridgehead atoms. The van der Waals surface area contributed by atoms with Gasteiger partial charge in [-0.2, -0.15) is 10.4 Å². The van der Waals surface area contributed by atoms with Gasteiger partial charge in [0.15, 0.2) is 0 Å². The first-order chi connectivity index (χ1) is 10.1. The number of aryl methyl sites for hydroxylation is 2. The molecule has 0 spiro atoms. The summed E-state index contributed by atoms with van der Waals surface area (Å²) in [5.74, 6) is -0.181. The molecule has 1 aromatic heterocycles. The van der Waals surface area contributed by atoms with Crippen LogP contribution < -0.4 is 5.32 Å². The first-order valence-electron chi connectivity index (χ1n) is 7.88. The van der Waals surface area contributed by atoms with E-state index in [1.165, 1.54) is 6.42 Å². The normalized spacial score (nSPS) is 18.3. The highest BCUT2D eigenvalue weighted by Crippen LogP contribution is 2.26. The van der Waals surface area contributed by atoms with E-state index in [-0.39, 0.29) is 5.91 Å². The molecule has 0 aliphatic heterocycles. The Morgan fingerprint density at radius 2 is 2.00 bits per heavy atom. The van der Waals surface area contributed by atoms with Crippen molar-refractivity contribution in [2.45, 2.75) is 70.9 Å². The number of carbonyl (C=O) groups excluding carboxylic acids is 1. The van der Waals surface area contributed by atoms with Gasteiger partial charge < -0.3 is 5.32 Å². The standard InChI is InChI=1S/C16H24N4O/c1-3-20-14(11-13(2)19-20)15(21)18-16(12-17)9-7-5-4-6-8-10-16/h11H,3-10H2,1-2H3,(H,18,21). The predicted octanol–water partition coefficient (Wildman–Crippen LogP) is 2.95. The van der Waals surface area contributed by atoms with Crippen molar-refractivity contribution >= 4 is 5.91 Å². The Hall–Kier alpha value is -1.83. The summed E-state index contributed by atoms with van der Waals surface area (Å²) in [6.45, 7) is 4.48. The Kier molecular flexibility index (Phi) is 5.00. The summed E-state index contributed by atoms with van der Waals surface area (Å²) < 4.78 is 1.69. The Bertz CT molecular complexity index is 533. The molecule has 2 rings (SSSR count). The van der Waals surface area contributed by atoms with Gasteiger partial charge in [0.2, 0.25) is 0 Å². The first kappa shape index (κ1) is 15.6. The van der Waals surface area contributed by atoms with E-state index in [9.17, 15) is 10.1 Å². The topological polar surface area (TPSA) is 70.7 Å². The monoisotopic (exact) mass is 288 g/mol. The number of nitriles is 1. The van der Waals surface area contributed by atoms with Crippen LogP contribution in [0.2, 0.25) is 0 Å². The maximum Gasteiger partial charge on any atom is 0.270 e. The highest BCUT2D eigenvalue weighted by molar-refractivity contribution is 5.93. The highest BCUT2D eigenvalue weighted by atomic mass is 16.2. The van der Waals surface area contributed by atoms with Gasteiger partial charge in [0.25, 0.3) is 5.91 Å². The lowest BCUT2D eigenvalue weighted by Crippen LogP contribution is -2.48. The molecule has 0 saturated heterocycles. The molecule has 1 N–H and O–H groups in total. The summed E-state index contributed by atoms with van der Waals surface area (Å²) in [4.78, 5) is 12.5. The largest absolute Gasteiger partial charge is 0.332 e. The molecule has 1 aliphatic rings. The van der Waals surface area contributed by atoms with E-state index in [0.717, 1.165) is 44.2 Å². The lowest BCUT2D eigenvalue weighted by molar-refractivity contribution is 0.0896. The van der Waals surface area contributed by atoms with E-state index in [4.69, 9.17) is 0 Å². The Labute approximate surface area is 126 Å². The zero-order valence-electron chi connectivity index (χ0n) is 13.0. The smallest absolute Gasteiger partial charge is 0.270 e. The zero-order valence-corrected chi connectivity index (χ0v) is 13.0. The van der Waals surface area contributed by atoms with Crippen molar-refractivity contribution in [2.24, 2.45) is 0 Å². The second kappa shape index (κ2) is 6.75. The maximum absolute atomic E-state index is 12.5. The van der Waals surface area contributed by atoms with Crippen molar-refractivity contribution < 1.29 is 4.79 Å². The third kappa shape index (κ3) is 3.63. The summed E-state index contributed by atoms with van der Waals surface area (Å²) >= 11 is 0. The Balaban J connectivity index is 2.16. The molecule has 5 heteroatoms. The van der Waals surface area contributed by atoms with Gasteiger partial charge in [-0.3, -0.25) is 9.48 Å². The highest BCUT2D eigenvalue weighted by Gasteiger charge is 2.33. The quantitative estimate of drug-likeness (QED) is 0.929. The van der Waals surface area contributed by atoms with Crippen LogP contribution in [0.5, 0.6) is 0 Å². The van der Waals surface area contributed by atoms with Crippen LogP contribution in [0.15, 0.2) is 6.07 Å². The molecule has 1 fully saturated rings. The second-order valence-electron chi connectivity index (χ2n) is 5.90. The summed E-state index contributed by atoms with van der Waals surface area (Å²) in [7, 11) is 0. The van der Waals surface area contributed by atoms with Crippen LogP contribution in [-0.4, -0.2) is 21.2 Å². The number of carbonyl (C=O) groups is 1. The molecule has 114 valence electrons. The lowest BCUT2D eigenvalue weighted by Gasteiger charge is -2.29. The van der Waals surface area contributed by atoms with Gasteiger partial charge in [-0.25, -0.2) is 0 Å². The minimum Gasteiger partial charge on any atom is -0.332 e. The van der Waals surface area contributed by atoms with E-state index in [2.05, 4.69) is 16.5 Å².